The molecule has 0 aromatic carbocycles. The van der Waals surface area contributed by atoms with Crippen molar-refractivity contribution in [2.24, 2.45) is 0 Å². The van der Waals surface area contributed by atoms with Crippen molar-refractivity contribution in [1.82, 2.24) is 14.1 Å². The van der Waals surface area contributed by atoms with Crippen molar-refractivity contribution in [2.45, 2.75) is 30.6 Å². The van der Waals surface area contributed by atoms with E-state index in [1.54, 1.807) is 17.4 Å². The lowest BCUT2D eigenvalue weighted by Crippen LogP contribution is -2.45. The highest BCUT2D eigenvalue weighted by atomic mass is 32.2. The number of nitrogens with zero attached hydrogens (tertiary/aromatic N) is 3. The highest BCUT2D eigenvalue weighted by Crippen LogP contribution is 2.28. The van der Waals surface area contributed by atoms with Gasteiger partial charge in [0, 0.05) is 19.2 Å². The molecular weight excluding hydrogens is 422 g/mol. The first-order chi connectivity index (χ1) is 13.3. The third-order valence-electron chi connectivity index (χ3n) is 5.34. The molecule has 0 unspecified atom stereocenters. The van der Waals surface area contributed by atoms with Crippen LogP contribution in [0.15, 0.2) is 34.4 Å². The fourth-order valence-corrected chi connectivity index (χ4v) is 9.04. The van der Waals surface area contributed by atoms with Crippen LogP contribution < -0.4 is 5.56 Å². The van der Waals surface area contributed by atoms with Gasteiger partial charge in [-0.05, 0) is 36.8 Å². The molecule has 4 heterocycles. The van der Waals surface area contributed by atoms with E-state index in [-0.39, 0.29) is 42.6 Å². The van der Waals surface area contributed by atoms with Gasteiger partial charge in [0.1, 0.15) is 5.69 Å². The Labute approximate surface area is 167 Å². The van der Waals surface area contributed by atoms with Crippen LogP contribution in [-0.4, -0.2) is 60.8 Å². The van der Waals surface area contributed by atoms with Crippen molar-refractivity contribution in [3.63, 3.8) is 0 Å². The van der Waals surface area contributed by atoms with E-state index in [4.69, 9.17) is 0 Å². The second kappa shape index (κ2) is 7.36. The van der Waals surface area contributed by atoms with Gasteiger partial charge in [-0.1, -0.05) is 6.07 Å². The fraction of sp³-hybridized carbons (Fsp3) is 0.529. The lowest BCUT2D eigenvalue weighted by atomic mass is 10.1. The normalized spacial score (nSPS) is 23.8. The smallest absolute Gasteiger partial charge is 0.267 e. The van der Waals surface area contributed by atoms with Crippen LogP contribution in [0.25, 0.3) is 10.6 Å². The Morgan fingerprint density at radius 2 is 1.86 bits per heavy atom. The van der Waals surface area contributed by atoms with Crippen molar-refractivity contribution in [3.8, 4) is 10.6 Å². The van der Waals surface area contributed by atoms with E-state index in [0.29, 0.717) is 12.8 Å². The molecule has 0 N–H and O–H groups in total. The van der Waals surface area contributed by atoms with Gasteiger partial charge in [-0.3, -0.25) is 4.79 Å². The molecule has 2 fully saturated rings. The molecule has 11 heteroatoms. The molecule has 2 aromatic heterocycles. The number of sulfone groups is 1. The molecule has 4 rings (SSSR count). The van der Waals surface area contributed by atoms with Gasteiger partial charge in [-0.15, -0.1) is 11.3 Å². The highest BCUT2D eigenvalue weighted by Gasteiger charge is 2.41. The van der Waals surface area contributed by atoms with Crippen LogP contribution in [0.2, 0.25) is 0 Å². The largest absolute Gasteiger partial charge is 0.268 e. The second-order valence-electron chi connectivity index (χ2n) is 7.18. The average Bonchev–Trinajstić information content (AvgIpc) is 3.32. The van der Waals surface area contributed by atoms with Crippen molar-refractivity contribution >= 4 is 31.2 Å². The van der Waals surface area contributed by atoms with Crippen molar-refractivity contribution in [1.29, 1.82) is 0 Å². The Hall–Kier alpha value is -1.56. The number of piperidine rings is 1. The highest BCUT2D eigenvalue weighted by molar-refractivity contribution is 7.95. The van der Waals surface area contributed by atoms with Crippen LogP contribution in [0, 0.1) is 0 Å². The Bertz CT molecular complexity index is 1120. The predicted octanol–water partition coefficient (Wildman–Crippen LogP) is 1.13. The molecule has 8 nitrogen and oxygen atoms in total. The molecule has 2 saturated heterocycles. The van der Waals surface area contributed by atoms with E-state index in [1.165, 1.54) is 15.1 Å². The van der Waals surface area contributed by atoms with E-state index >= 15 is 0 Å². The number of thiophene rings is 1. The van der Waals surface area contributed by atoms with Gasteiger partial charge in [0.2, 0.25) is 10.0 Å². The first-order valence-electron chi connectivity index (χ1n) is 9.09. The topological polar surface area (TPSA) is 106 Å². The fourth-order valence-electron chi connectivity index (χ4n) is 3.79. The van der Waals surface area contributed by atoms with Crippen LogP contribution in [0.4, 0.5) is 0 Å². The number of rotatable bonds is 4. The van der Waals surface area contributed by atoms with Crippen LogP contribution in [-0.2, 0) is 19.9 Å². The maximum Gasteiger partial charge on any atom is 0.267 e. The molecule has 0 aliphatic carbocycles. The third kappa shape index (κ3) is 3.80. The molecule has 0 bridgehead atoms. The Balaban J connectivity index is 1.49. The summed E-state index contributed by atoms with van der Waals surface area (Å²) in [5.74, 6) is -0.360. The zero-order valence-electron chi connectivity index (χ0n) is 15.1. The zero-order valence-corrected chi connectivity index (χ0v) is 17.5. The molecule has 2 aliphatic heterocycles. The van der Waals surface area contributed by atoms with Crippen LogP contribution in [0.3, 0.4) is 0 Å². The molecule has 0 radical (unpaired) electrons. The molecule has 2 aromatic rings. The number of aromatic nitrogens is 2. The van der Waals surface area contributed by atoms with Crippen molar-refractivity contribution in [3.05, 3.63) is 40.0 Å². The molecule has 2 aliphatic rings. The summed E-state index contributed by atoms with van der Waals surface area (Å²) in [4.78, 5) is 13.3. The standard InChI is InChI=1S/C17H21N3O5S3/c21-17-4-3-15(16-2-1-10-26-16)18-20(17)13-5-8-19(9-6-13)28(24,25)14-7-11-27(22,23)12-14/h1-4,10,13-14H,5-9,11-12H2/t14-/m0/s1. The van der Waals surface area contributed by atoms with Gasteiger partial charge in [0.25, 0.3) is 5.56 Å². The number of hydrogen-bond donors (Lipinski definition) is 0. The number of sulfonamides is 1. The number of hydrogen-bond acceptors (Lipinski definition) is 7. The molecule has 28 heavy (non-hydrogen) atoms. The van der Waals surface area contributed by atoms with Crippen molar-refractivity contribution < 1.29 is 16.8 Å². The second-order valence-corrected chi connectivity index (χ2v) is 12.6. The summed E-state index contributed by atoms with van der Waals surface area (Å²) in [7, 11) is -6.91. The van der Waals surface area contributed by atoms with E-state index in [0.717, 1.165) is 10.6 Å². The maximum atomic E-state index is 12.8. The minimum atomic E-state index is -3.64. The Kier molecular flexibility index (Phi) is 5.19. The summed E-state index contributed by atoms with van der Waals surface area (Å²) in [6, 6.07) is 6.88. The predicted molar refractivity (Wildman–Crippen MR) is 108 cm³/mol. The summed E-state index contributed by atoms with van der Waals surface area (Å²) in [5, 5.41) is 5.58. The maximum absolute atomic E-state index is 12.8. The SMILES string of the molecule is O=c1ccc(-c2cccs2)nn1C1CCN(S(=O)(=O)[C@H]2CCS(=O)(=O)C2)CC1. The summed E-state index contributed by atoms with van der Waals surface area (Å²) in [6.45, 7) is 0.530. The van der Waals surface area contributed by atoms with E-state index < -0.39 is 25.1 Å². The van der Waals surface area contributed by atoms with E-state index in [2.05, 4.69) is 5.10 Å². The Morgan fingerprint density at radius 1 is 1.11 bits per heavy atom. The van der Waals surface area contributed by atoms with Crippen LogP contribution in [0.1, 0.15) is 25.3 Å². The molecule has 0 spiro atoms. The van der Waals surface area contributed by atoms with E-state index in [1.807, 2.05) is 17.5 Å². The van der Waals surface area contributed by atoms with Crippen LogP contribution >= 0.6 is 11.3 Å². The molecule has 0 saturated carbocycles. The van der Waals surface area contributed by atoms with Gasteiger partial charge in [0.15, 0.2) is 9.84 Å². The summed E-state index contributed by atoms with van der Waals surface area (Å²) in [6.07, 6.45) is 1.10. The molecule has 0 amide bonds. The van der Waals surface area contributed by atoms with Gasteiger partial charge in [-0.25, -0.2) is 25.8 Å². The first kappa shape index (κ1) is 19.7. The molecular formula is C17H21N3O5S3. The lowest BCUT2D eigenvalue weighted by Gasteiger charge is -2.33. The van der Waals surface area contributed by atoms with Crippen molar-refractivity contribution in [2.75, 3.05) is 24.6 Å². The quantitative estimate of drug-likeness (QED) is 0.701. The summed E-state index contributed by atoms with van der Waals surface area (Å²) in [5.41, 5.74) is 0.518. The monoisotopic (exact) mass is 443 g/mol. The van der Waals surface area contributed by atoms with Gasteiger partial charge in [0.05, 0.1) is 27.7 Å². The van der Waals surface area contributed by atoms with E-state index in [9.17, 15) is 21.6 Å². The zero-order chi connectivity index (χ0) is 19.9. The van der Waals surface area contributed by atoms with Crippen LogP contribution in [0.5, 0.6) is 0 Å². The van der Waals surface area contributed by atoms with Gasteiger partial charge >= 0.3 is 0 Å². The lowest BCUT2D eigenvalue weighted by molar-refractivity contribution is 0.254. The third-order valence-corrected chi connectivity index (χ3v) is 10.5. The first-order valence-corrected chi connectivity index (χ1v) is 13.3. The molecule has 1 atom stereocenters. The molecule has 152 valence electrons. The summed E-state index contributed by atoms with van der Waals surface area (Å²) < 4.78 is 51.7. The minimum Gasteiger partial charge on any atom is -0.268 e. The summed E-state index contributed by atoms with van der Waals surface area (Å²) >= 11 is 1.54. The minimum absolute atomic E-state index is 0.0673. The Morgan fingerprint density at radius 3 is 2.46 bits per heavy atom. The van der Waals surface area contributed by atoms with Gasteiger partial charge in [-0.2, -0.15) is 5.10 Å². The average molecular weight is 444 g/mol. The van der Waals surface area contributed by atoms with Gasteiger partial charge < -0.3 is 0 Å².